The normalized spacial score (nSPS) is 27.9. The molecular weight excluding hydrogens is 162 g/mol. The lowest BCUT2D eigenvalue weighted by Gasteiger charge is -2.09. The van der Waals surface area contributed by atoms with Crippen LogP contribution in [0.2, 0.25) is 0 Å². The first-order valence-electron chi connectivity index (χ1n) is 4.00. The van der Waals surface area contributed by atoms with Gasteiger partial charge < -0.3 is 5.32 Å². The van der Waals surface area contributed by atoms with Crippen LogP contribution in [0.25, 0.3) is 0 Å². The van der Waals surface area contributed by atoms with Gasteiger partial charge in [0.1, 0.15) is 9.84 Å². The molecule has 0 radical (unpaired) electrons. The van der Waals surface area contributed by atoms with Crippen LogP contribution in [0.15, 0.2) is 0 Å². The summed E-state index contributed by atoms with van der Waals surface area (Å²) in [7, 11) is -2.79. The van der Waals surface area contributed by atoms with Crippen molar-refractivity contribution in [1.82, 2.24) is 5.32 Å². The van der Waals surface area contributed by atoms with E-state index < -0.39 is 9.84 Å². The Morgan fingerprint density at radius 3 is 2.64 bits per heavy atom. The second kappa shape index (κ2) is 3.54. The predicted molar refractivity (Wildman–Crippen MR) is 45.4 cm³/mol. The molecular formula is C7H15NO2S. The molecule has 1 rings (SSSR count). The van der Waals surface area contributed by atoms with E-state index in [4.69, 9.17) is 0 Å². The first kappa shape index (κ1) is 9.00. The lowest BCUT2D eigenvalue weighted by Crippen LogP contribution is -2.21. The SMILES string of the molecule is CS(=O)(=O)[C@@H]1CCCNCC1. The van der Waals surface area contributed by atoms with Crippen LogP contribution in [-0.4, -0.2) is 33.0 Å². The largest absolute Gasteiger partial charge is 0.317 e. The maximum absolute atomic E-state index is 11.1. The molecule has 0 unspecified atom stereocenters. The molecule has 0 saturated carbocycles. The molecule has 0 aromatic heterocycles. The number of hydrogen-bond acceptors (Lipinski definition) is 3. The third kappa shape index (κ3) is 2.79. The fraction of sp³-hybridized carbons (Fsp3) is 1.00. The lowest BCUT2D eigenvalue weighted by molar-refractivity contribution is 0.572. The summed E-state index contributed by atoms with van der Waals surface area (Å²) in [6.45, 7) is 1.81. The number of hydrogen-bond donors (Lipinski definition) is 1. The van der Waals surface area contributed by atoms with E-state index in [-0.39, 0.29) is 5.25 Å². The minimum absolute atomic E-state index is 0.0995. The molecule has 4 heteroatoms. The van der Waals surface area contributed by atoms with Gasteiger partial charge in [0.2, 0.25) is 0 Å². The summed E-state index contributed by atoms with van der Waals surface area (Å²) in [6.07, 6.45) is 3.92. The molecule has 1 aliphatic rings. The Kier molecular flexibility index (Phi) is 2.90. The van der Waals surface area contributed by atoms with Crippen LogP contribution in [0.4, 0.5) is 0 Å². The van der Waals surface area contributed by atoms with Crippen LogP contribution in [0, 0.1) is 0 Å². The van der Waals surface area contributed by atoms with Crippen LogP contribution in [0.3, 0.4) is 0 Å². The van der Waals surface area contributed by atoms with Crippen molar-refractivity contribution in [3.05, 3.63) is 0 Å². The van der Waals surface area contributed by atoms with Crippen molar-refractivity contribution in [2.75, 3.05) is 19.3 Å². The van der Waals surface area contributed by atoms with Gasteiger partial charge in [-0.1, -0.05) is 0 Å². The molecule has 1 N–H and O–H groups in total. The molecule has 1 heterocycles. The van der Waals surface area contributed by atoms with Gasteiger partial charge in [-0.15, -0.1) is 0 Å². The molecule has 0 aliphatic carbocycles. The standard InChI is InChI=1S/C7H15NO2S/c1-11(9,10)7-3-2-5-8-6-4-7/h7-8H,2-6H2,1H3/t7-/m1/s1. The molecule has 3 nitrogen and oxygen atoms in total. The van der Waals surface area contributed by atoms with E-state index >= 15 is 0 Å². The molecule has 1 aliphatic heterocycles. The fourth-order valence-electron chi connectivity index (χ4n) is 1.42. The van der Waals surface area contributed by atoms with Crippen LogP contribution in [0.5, 0.6) is 0 Å². The second-order valence-electron chi connectivity index (χ2n) is 3.13. The second-order valence-corrected chi connectivity index (χ2v) is 5.46. The van der Waals surface area contributed by atoms with Gasteiger partial charge >= 0.3 is 0 Å². The van der Waals surface area contributed by atoms with E-state index in [9.17, 15) is 8.42 Å². The van der Waals surface area contributed by atoms with Crippen LogP contribution in [0.1, 0.15) is 19.3 Å². The van der Waals surface area contributed by atoms with Crippen LogP contribution in [-0.2, 0) is 9.84 Å². The Bertz CT molecular complexity index is 202. The molecule has 0 aromatic carbocycles. The van der Waals surface area contributed by atoms with Gasteiger partial charge in [-0.05, 0) is 32.4 Å². The van der Waals surface area contributed by atoms with Crippen LogP contribution < -0.4 is 5.32 Å². The number of sulfone groups is 1. The molecule has 11 heavy (non-hydrogen) atoms. The monoisotopic (exact) mass is 177 g/mol. The van der Waals surface area contributed by atoms with Gasteiger partial charge in [0.25, 0.3) is 0 Å². The van der Waals surface area contributed by atoms with E-state index in [0.717, 1.165) is 32.4 Å². The highest BCUT2D eigenvalue weighted by Crippen LogP contribution is 2.12. The topological polar surface area (TPSA) is 46.2 Å². The van der Waals surface area contributed by atoms with Crippen molar-refractivity contribution in [1.29, 1.82) is 0 Å². The zero-order chi connectivity index (χ0) is 8.32. The van der Waals surface area contributed by atoms with Gasteiger partial charge in [0.15, 0.2) is 0 Å². The van der Waals surface area contributed by atoms with Crippen molar-refractivity contribution in [2.24, 2.45) is 0 Å². The highest BCUT2D eigenvalue weighted by molar-refractivity contribution is 7.91. The van der Waals surface area contributed by atoms with Crippen molar-refractivity contribution in [3.63, 3.8) is 0 Å². The highest BCUT2D eigenvalue weighted by Gasteiger charge is 2.21. The van der Waals surface area contributed by atoms with Gasteiger partial charge in [0.05, 0.1) is 5.25 Å². The summed E-state index contributed by atoms with van der Waals surface area (Å²) >= 11 is 0. The highest BCUT2D eigenvalue weighted by atomic mass is 32.2. The summed E-state index contributed by atoms with van der Waals surface area (Å²) in [5.74, 6) is 0. The molecule has 0 bridgehead atoms. The molecule has 1 atom stereocenters. The van der Waals surface area contributed by atoms with E-state index in [1.807, 2.05) is 0 Å². The minimum Gasteiger partial charge on any atom is -0.317 e. The minimum atomic E-state index is -2.79. The van der Waals surface area contributed by atoms with E-state index in [2.05, 4.69) is 5.32 Å². The van der Waals surface area contributed by atoms with Crippen molar-refractivity contribution in [2.45, 2.75) is 24.5 Å². The fourth-order valence-corrected chi connectivity index (χ4v) is 2.56. The molecule has 0 aromatic rings. The first-order valence-corrected chi connectivity index (χ1v) is 5.96. The lowest BCUT2D eigenvalue weighted by atomic mass is 10.2. The zero-order valence-electron chi connectivity index (χ0n) is 6.84. The van der Waals surface area contributed by atoms with Crippen molar-refractivity contribution in [3.8, 4) is 0 Å². The number of rotatable bonds is 1. The Balaban J connectivity index is 2.57. The molecule has 1 fully saturated rings. The van der Waals surface area contributed by atoms with E-state index in [0.29, 0.717) is 0 Å². The summed E-state index contributed by atoms with van der Waals surface area (Å²) in [5.41, 5.74) is 0. The average molecular weight is 177 g/mol. The van der Waals surface area contributed by atoms with Crippen molar-refractivity contribution >= 4 is 9.84 Å². The number of nitrogens with one attached hydrogen (secondary N) is 1. The molecule has 0 amide bonds. The zero-order valence-corrected chi connectivity index (χ0v) is 7.65. The Morgan fingerprint density at radius 2 is 2.00 bits per heavy atom. The first-order chi connectivity index (χ1) is 5.11. The molecule has 0 spiro atoms. The van der Waals surface area contributed by atoms with Crippen LogP contribution >= 0.6 is 0 Å². The van der Waals surface area contributed by atoms with E-state index in [1.165, 1.54) is 6.26 Å². The Hall–Kier alpha value is -0.0900. The summed E-state index contributed by atoms with van der Waals surface area (Å²) in [6, 6.07) is 0. The smallest absolute Gasteiger partial charge is 0.150 e. The van der Waals surface area contributed by atoms with Gasteiger partial charge in [-0.25, -0.2) is 8.42 Å². The molecule has 66 valence electrons. The molecule has 1 saturated heterocycles. The summed E-state index contributed by atoms with van der Waals surface area (Å²) in [4.78, 5) is 0. The maximum Gasteiger partial charge on any atom is 0.150 e. The quantitative estimate of drug-likeness (QED) is 0.621. The summed E-state index contributed by atoms with van der Waals surface area (Å²) < 4.78 is 22.2. The van der Waals surface area contributed by atoms with Gasteiger partial charge in [-0.2, -0.15) is 0 Å². The summed E-state index contributed by atoms with van der Waals surface area (Å²) in [5, 5.41) is 3.09. The maximum atomic E-state index is 11.1. The average Bonchev–Trinajstić information content (AvgIpc) is 2.10. The Morgan fingerprint density at radius 1 is 1.27 bits per heavy atom. The third-order valence-corrected chi connectivity index (χ3v) is 3.81. The van der Waals surface area contributed by atoms with E-state index in [1.54, 1.807) is 0 Å². The third-order valence-electron chi connectivity index (χ3n) is 2.13. The predicted octanol–water partition coefficient (Wildman–Crippen LogP) is 0.173. The van der Waals surface area contributed by atoms with Gasteiger partial charge in [0, 0.05) is 6.26 Å². The van der Waals surface area contributed by atoms with Crippen molar-refractivity contribution < 1.29 is 8.42 Å². The van der Waals surface area contributed by atoms with Gasteiger partial charge in [-0.3, -0.25) is 0 Å². The Labute approximate surface area is 68.1 Å².